The van der Waals surface area contributed by atoms with Gasteiger partial charge in [0.05, 0.1) is 16.7 Å². The van der Waals surface area contributed by atoms with E-state index in [9.17, 15) is 9.59 Å². The van der Waals surface area contributed by atoms with Gasteiger partial charge in [0.15, 0.2) is 0 Å². The van der Waals surface area contributed by atoms with Crippen LogP contribution in [0.4, 0.5) is 15.3 Å². The molecule has 3 aromatic rings. The number of ether oxygens (including phenoxy) is 2. The Balaban J connectivity index is 1.95. The van der Waals surface area contributed by atoms with Gasteiger partial charge in [0.25, 0.3) is 0 Å². The molecule has 33 heavy (non-hydrogen) atoms. The number of hydrogen-bond acceptors (Lipinski definition) is 6. The van der Waals surface area contributed by atoms with Gasteiger partial charge in [-0.25, -0.2) is 19.6 Å². The van der Waals surface area contributed by atoms with Crippen LogP contribution in [0.5, 0.6) is 0 Å². The van der Waals surface area contributed by atoms with Crippen molar-refractivity contribution in [2.24, 2.45) is 4.99 Å². The Kier molecular flexibility index (Phi) is 6.58. The van der Waals surface area contributed by atoms with Crippen LogP contribution in [0, 0.1) is 6.92 Å². The molecule has 0 radical (unpaired) electrons. The van der Waals surface area contributed by atoms with Gasteiger partial charge >= 0.3 is 12.2 Å². The van der Waals surface area contributed by atoms with Gasteiger partial charge in [-0.2, -0.15) is 0 Å². The molecule has 0 aliphatic rings. The van der Waals surface area contributed by atoms with Crippen molar-refractivity contribution in [3.05, 3.63) is 48.0 Å². The number of aryl methyl sites for hydroxylation is 1. The molecule has 0 atom stereocenters. The van der Waals surface area contributed by atoms with Gasteiger partial charge in [-0.05, 0) is 78.3 Å². The van der Waals surface area contributed by atoms with Gasteiger partial charge < -0.3 is 9.47 Å². The molecule has 1 heterocycles. The molecule has 0 saturated carbocycles. The summed E-state index contributed by atoms with van der Waals surface area (Å²) in [5, 5.41) is 6.96. The summed E-state index contributed by atoms with van der Waals surface area (Å²) >= 11 is 0. The summed E-state index contributed by atoms with van der Waals surface area (Å²) in [5.41, 5.74) is 1.80. The first kappa shape index (κ1) is 24.0. The van der Waals surface area contributed by atoms with E-state index in [-0.39, 0.29) is 5.96 Å². The number of aromatic nitrogens is 1. The highest BCUT2D eigenvalue weighted by Gasteiger charge is 2.21. The zero-order chi connectivity index (χ0) is 24.4. The Morgan fingerprint density at radius 3 is 1.85 bits per heavy atom. The van der Waals surface area contributed by atoms with Crippen molar-refractivity contribution in [3.63, 3.8) is 0 Å². The average Bonchev–Trinajstić information content (AvgIpc) is 2.63. The van der Waals surface area contributed by atoms with Gasteiger partial charge in [0.2, 0.25) is 5.96 Å². The number of carbonyl (C=O) groups excluding carboxylic acids is 2. The molecule has 2 amide bonds. The topological polar surface area (TPSA) is 102 Å². The first-order valence-corrected chi connectivity index (χ1v) is 10.7. The van der Waals surface area contributed by atoms with Gasteiger partial charge in [0, 0.05) is 10.8 Å². The first-order chi connectivity index (χ1) is 15.3. The summed E-state index contributed by atoms with van der Waals surface area (Å²) in [6.45, 7) is 12.5. The van der Waals surface area contributed by atoms with Gasteiger partial charge in [0.1, 0.15) is 11.2 Å². The normalized spacial score (nSPS) is 11.7. The van der Waals surface area contributed by atoms with E-state index in [2.05, 4.69) is 21.7 Å². The molecule has 0 saturated heterocycles. The molecule has 2 N–H and O–H groups in total. The highest BCUT2D eigenvalue weighted by molar-refractivity contribution is 6.03. The van der Waals surface area contributed by atoms with Crippen molar-refractivity contribution in [1.82, 2.24) is 15.6 Å². The molecule has 1 aromatic heterocycles. The van der Waals surface area contributed by atoms with E-state index in [0.29, 0.717) is 5.69 Å². The first-order valence-electron chi connectivity index (χ1n) is 10.7. The SMILES string of the molecule is Cc1ccc2cc3ccc(N=C(NC(=O)OC(C)(C)C)NC(=O)OC(C)(C)C)cc3nc2c1. The summed E-state index contributed by atoms with van der Waals surface area (Å²) in [6.07, 6.45) is -1.50. The van der Waals surface area contributed by atoms with Gasteiger partial charge in [-0.15, -0.1) is 0 Å². The number of carbonyl (C=O) groups is 2. The maximum Gasteiger partial charge on any atom is 0.414 e. The summed E-state index contributed by atoms with van der Waals surface area (Å²) in [5.74, 6) is -0.116. The van der Waals surface area contributed by atoms with Crippen LogP contribution in [0.3, 0.4) is 0 Å². The lowest BCUT2D eigenvalue weighted by Crippen LogP contribution is -2.47. The quantitative estimate of drug-likeness (QED) is 0.280. The van der Waals surface area contributed by atoms with Crippen molar-refractivity contribution in [2.45, 2.75) is 59.7 Å². The van der Waals surface area contributed by atoms with Crippen molar-refractivity contribution in [2.75, 3.05) is 0 Å². The number of rotatable bonds is 1. The molecule has 3 rings (SSSR count). The fourth-order valence-electron chi connectivity index (χ4n) is 3.01. The molecular weight excluding hydrogens is 420 g/mol. The number of nitrogens with zero attached hydrogens (tertiary/aromatic N) is 2. The predicted molar refractivity (Wildman–Crippen MR) is 130 cm³/mol. The maximum atomic E-state index is 12.3. The fraction of sp³-hybridized carbons (Fsp3) is 0.360. The summed E-state index contributed by atoms with van der Waals surface area (Å²) in [6, 6.07) is 13.6. The van der Waals surface area contributed by atoms with Crippen molar-refractivity contribution >= 4 is 45.6 Å². The number of fused-ring (bicyclic) bond motifs is 2. The van der Waals surface area contributed by atoms with E-state index in [1.807, 2.05) is 31.2 Å². The third kappa shape index (κ3) is 7.17. The van der Waals surface area contributed by atoms with E-state index in [4.69, 9.17) is 14.5 Å². The van der Waals surface area contributed by atoms with Crippen molar-refractivity contribution < 1.29 is 19.1 Å². The van der Waals surface area contributed by atoms with Crippen LogP contribution in [0.1, 0.15) is 47.1 Å². The lowest BCUT2D eigenvalue weighted by atomic mass is 10.1. The Morgan fingerprint density at radius 2 is 1.30 bits per heavy atom. The summed E-state index contributed by atoms with van der Waals surface area (Å²) in [4.78, 5) is 33.7. The zero-order valence-corrected chi connectivity index (χ0v) is 20.1. The predicted octanol–water partition coefficient (Wildman–Crippen LogP) is 5.73. The third-order valence-electron chi connectivity index (χ3n) is 4.23. The van der Waals surface area contributed by atoms with E-state index in [1.165, 1.54) is 0 Å². The Bertz CT molecular complexity index is 1200. The number of guanidine groups is 1. The number of pyridine rings is 1. The standard InChI is InChI=1S/C25H30N4O4/c1-15-8-9-16-13-17-10-11-18(14-20(17)27-19(16)12-15)26-21(28-22(30)32-24(2,3)4)29-23(31)33-25(5,6)7/h8-14H,1-7H3,(H2,26,28,29,30,31). The fourth-order valence-corrected chi connectivity index (χ4v) is 3.01. The number of amides is 2. The van der Waals surface area contributed by atoms with Crippen LogP contribution in [0.15, 0.2) is 47.5 Å². The molecule has 8 heteroatoms. The van der Waals surface area contributed by atoms with E-state index in [1.54, 1.807) is 53.7 Å². The Morgan fingerprint density at radius 1 is 0.788 bits per heavy atom. The molecule has 174 valence electrons. The number of nitrogens with one attached hydrogen (secondary N) is 2. The number of aliphatic imine (C=N–C) groups is 1. The lowest BCUT2D eigenvalue weighted by Gasteiger charge is -2.22. The summed E-state index contributed by atoms with van der Waals surface area (Å²) < 4.78 is 10.6. The highest BCUT2D eigenvalue weighted by atomic mass is 16.6. The second-order valence-corrected chi connectivity index (χ2v) is 9.78. The smallest absolute Gasteiger partial charge is 0.414 e. The van der Waals surface area contributed by atoms with Crippen LogP contribution in [-0.4, -0.2) is 34.3 Å². The molecule has 0 aliphatic carbocycles. The minimum absolute atomic E-state index is 0.116. The zero-order valence-electron chi connectivity index (χ0n) is 20.1. The minimum atomic E-state index is -0.752. The average molecular weight is 451 g/mol. The molecular formula is C25H30N4O4. The Hall–Kier alpha value is -3.68. The van der Waals surface area contributed by atoms with Crippen LogP contribution < -0.4 is 10.6 Å². The summed E-state index contributed by atoms with van der Waals surface area (Å²) in [7, 11) is 0. The van der Waals surface area contributed by atoms with Gasteiger partial charge in [-0.3, -0.25) is 10.6 Å². The Labute approximate surface area is 193 Å². The van der Waals surface area contributed by atoms with Crippen LogP contribution in [0.2, 0.25) is 0 Å². The second kappa shape index (κ2) is 9.05. The maximum absolute atomic E-state index is 12.3. The molecule has 0 fully saturated rings. The second-order valence-electron chi connectivity index (χ2n) is 9.78. The minimum Gasteiger partial charge on any atom is -0.444 e. The van der Waals surface area contributed by atoms with E-state index < -0.39 is 23.4 Å². The van der Waals surface area contributed by atoms with E-state index >= 15 is 0 Å². The largest absolute Gasteiger partial charge is 0.444 e. The highest BCUT2D eigenvalue weighted by Crippen LogP contribution is 2.24. The molecule has 0 spiro atoms. The molecule has 2 aromatic carbocycles. The van der Waals surface area contributed by atoms with Crippen LogP contribution >= 0.6 is 0 Å². The molecule has 0 bridgehead atoms. The molecule has 0 aliphatic heterocycles. The number of hydrogen-bond donors (Lipinski definition) is 2. The van der Waals surface area contributed by atoms with E-state index in [0.717, 1.165) is 27.4 Å². The van der Waals surface area contributed by atoms with Crippen molar-refractivity contribution in [1.29, 1.82) is 0 Å². The number of benzene rings is 2. The lowest BCUT2D eigenvalue weighted by molar-refractivity contribution is 0.0545. The van der Waals surface area contributed by atoms with Crippen molar-refractivity contribution in [3.8, 4) is 0 Å². The molecule has 0 unspecified atom stereocenters. The van der Waals surface area contributed by atoms with Crippen LogP contribution in [0.25, 0.3) is 21.8 Å². The third-order valence-corrected chi connectivity index (χ3v) is 4.23. The molecule has 8 nitrogen and oxygen atoms in total. The number of alkyl carbamates (subject to hydrolysis) is 2. The monoisotopic (exact) mass is 450 g/mol. The van der Waals surface area contributed by atoms with Gasteiger partial charge in [-0.1, -0.05) is 18.2 Å². The van der Waals surface area contributed by atoms with Crippen LogP contribution in [-0.2, 0) is 9.47 Å².